The van der Waals surface area contributed by atoms with Gasteiger partial charge < -0.3 is 0 Å². The van der Waals surface area contributed by atoms with Crippen molar-refractivity contribution >= 4 is 38.9 Å². The highest BCUT2D eigenvalue weighted by Gasteiger charge is 2.09. The minimum absolute atomic E-state index is 0.231. The normalized spacial score (nSPS) is 11.3. The third kappa shape index (κ3) is 3.74. The Morgan fingerprint density at radius 3 is 2.79 bits per heavy atom. The molecule has 0 fully saturated rings. The van der Waals surface area contributed by atoms with Crippen LogP contribution in [-0.4, -0.2) is 21.6 Å². The van der Waals surface area contributed by atoms with Crippen LogP contribution in [0.2, 0.25) is 0 Å². The maximum atomic E-state index is 11.9. The number of nitrogens with one attached hydrogen (secondary N) is 1. The van der Waals surface area contributed by atoms with Crippen LogP contribution in [0.4, 0.5) is 0 Å². The second-order valence-electron chi connectivity index (χ2n) is 4.87. The van der Waals surface area contributed by atoms with Crippen LogP contribution in [0.1, 0.15) is 22.3 Å². The lowest BCUT2D eigenvalue weighted by Gasteiger charge is -2.01. The molecule has 120 valence electrons. The fraction of sp³-hybridized carbons (Fsp3) is 0.0588. The number of carbonyl (C=O) groups excluding carboxylic acids is 1. The first kappa shape index (κ1) is 16.5. The Morgan fingerprint density at radius 1 is 1.21 bits per heavy atom. The van der Waals surface area contributed by atoms with Gasteiger partial charge in [0.05, 0.1) is 16.8 Å². The minimum Gasteiger partial charge on any atom is -0.265 e. The first-order valence-corrected chi connectivity index (χ1v) is 8.72. The van der Waals surface area contributed by atoms with Crippen molar-refractivity contribution in [2.24, 2.45) is 5.10 Å². The Morgan fingerprint density at radius 2 is 2.04 bits per heavy atom. The van der Waals surface area contributed by atoms with Crippen molar-refractivity contribution in [3.8, 4) is 10.4 Å². The summed E-state index contributed by atoms with van der Waals surface area (Å²) < 4.78 is 1.05. The largest absolute Gasteiger partial charge is 0.291 e. The van der Waals surface area contributed by atoms with Crippen LogP contribution < -0.4 is 5.43 Å². The van der Waals surface area contributed by atoms with Crippen molar-refractivity contribution in [2.75, 3.05) is 0 Å². The Labute approximate surface area is 151 Å². The summed E-state index contributed by atoms with van der Waals surface area (Å²) in [6.45, 7) is 1.85. The molecule has 3 aromatic rings. The Bertz CT molecular complexity index is 892. The van der Waals surface area contributed by atoms with E-state index in [1.54, 1.807) is 11.3 Å². The van der Waals surface area contributed by atoms with Gasteiger partial charge in [-0.2, -0.15) is 5.10 Å². The molecule has 2 heterocycles. The van der Waals surface area contributed by atoms with E-state index in [1.807, 2.05) is 37.3 Å². The SMILES string of the molecule is CC(=NNC(=O)c1cnccn1)c1ccc(-c2ccccc2Br)s1. The van der Waals surface area contributed by atoms with Gasteiger partial charge in [0, 0.05) is 27.3 Å². The minimum atomic E-state index is -0.384. The zero-order valence-corrected chi connectivity index (χ0v) is 15.1. The quantitative estimate of drug-likeness (QED) is 0.528. The number of hydrogen-bond acceptors (Lipinski definition) is 5. The van der Waals surface area contributed by atoms with Crippen molar-refractivity contribution in [2.45, 2.75) is 6.92 Å². The molecule has 3 rings (SSSR count). The predicted molar refractivity (Wildman–Crippen MR) is 99.2 cm³/mol. The van der Waals surface area contributed by atoms with Crippen LogP contribution >= 0.6 is 27.3 Å². The van der Waals surface area contributed by atoms with Gasteiger partial charge in [-0.05, 0) is 25.1 Å². The lowest BCUT2D eigenvalue weighted by Crippen LogP contribution is -2.20. The molecule has 1 N–H and O–H groups in total. The molecule has 5 nitrogen and oxygen atoms in total. The van der Waals surface area contributed by atoms with E-state index in [1.165, 1.54) is 18.6 Å². The highest BCUT2D eigenvalue weighted by atomic mass is 79.9. The highest BCUT2D eigenvalue weighted by molar-refractivity contribution is 9.10. The fourth-order valence-electron chi connectivity index (χ4n) is 2.00. The predicted octanol–water partition coefficient (Wildman–Crippen LogP) is 4.12. The summed E-state index contributed by atoms with van der Waals surface area (Å²) in [5.74, 6) is -0.384. The Balaban J connectivity index is 1.75. The zero-order valence-electron chi connectivity index (χ0n) is 12.7. The van der Waals surface area contributed by atoms with Gasteiger partial charge in [-0.3, -0.25) is 9.78 Å². The maximum absolute atomic E-state index is 11.9. The molecule has 1 amide bonds. The van der Waals surface area contributed by atoms with E-state index in [-0.39, 0.29) is 11.6 Å². The van der Waals surface area contributed by atoms with Gasteiger partial charge >= 0.3 is 0 Å². The van der Waals surface area contributed by atoms with Crippen LogP contribution in [0, 0.1) is 0 Å². The van der Waals surface area contributed by atoms with E-state index in [2.05, 4.69) is 42.5 Å². The smallest absolute Gasteiger partial charge is 0.265 e. The lowest BCUT2D eigenvalue weighted by molar-refractivity contribution is 0.0949. The number of aromatic nitrogens is 2. The molecule has 0 aliphatic carbocycles. The number of nitrogens with zero attached hydrogens (tertiary/aromatic N) is 3. The third-order valence-corrected chi connectivity index (χ3v) is 5.14. The summed E-state index contributed by atoms with van der Waals surface area (Å²) in [5.41, 5.74) is 4.59. The molecular formula is C17H13BrN4OS. The van der Waals surface area contributed by atoms with Crippen LogP contribution in [0.15, 0.2) is 64.6 Å². The number of carbonyl (C=O) groups is 1. The number of rotatable bonds is 4. The number of thiophene rings is 1. The molecular weight excluding hydrogens is 388 g/mol. The van der Waals surface area contributed by atoms with Gasteiger partial charge in [0.15, 0.2) is 0 Å². The highest BCUT2D eigenvalue weighted by Crippen LogP contribution is 2.33. The topological polar surface area (TPSA) is 67.2 Å². The molecule has 2 aromatic heterocycles. The van der Waals surface area contributed by atoms with E-state index >= 15 is 0 Å². The maximum Gasteiger partial charge on any atom is 0.291 e. The first-order valence-electron chi connectivity index (χ1n) is 7.11. The van der Waals surface area contributed by atoms with Crippen LogP contribution in [0.25, 0.3) is 10.4 Å². The average molecular weight is 401 g/mol. The standard InChI is InChI=1S/C17H13BrN4OS/c1-11(21-22-17(23)14-10-19-8-9-20-14)15-6-7-16(24-15)12-4-2-3-5-13(12)18/h2-10H,1H3,(H,22,23). The number of hydrogen-bond donors (Lipinski definition) is 1. The summed E-state index contributed by atoms with van der Waals surface area (Å²) in [7, 11) is 0. The monoisotopic (exact) mass is 400 g/mol. The van der Waals surface area contributed by atoms with Crippen molar-refractivity contribution in [1.82, 2.24) is 15.4 Å². The molecule has 0 aliphatic rings. The van der Waals surface area contributed by atoms with Gasteiger partial charge in [0.2, 0.25) is 0 Å². The molecule has 0 aliphatic heterocycles. The first-order chi connectivity index (χ1) is 11.6. The van der Waals surface area contributed by atoms with E-state index in [0.717, 1.165) is 25.5 Å². The molecule has 0 spiro atoms. The number of benzene rings is 1. The molecule has 1 aromatic carbocycles. The summed E-state index contributed by atoms with van der Waals surface area (Å²) in [6, 6.07) is 12.1. The number of hydrazone groups is 1. The van der Waals surface area contributed by atoms with Gasteiger partial charge in [-0.1, -0.05) is 34.1 Å². The second-order valence-corrected chi connectivity index (χ2v) is 6.81. The molecule has 0 saturated carbocycles. The summed E-state index contributed by atoms with van der Waals surface area (Å²) in [4.78, 5) is 21.8. The Kier molecular flexibility index (Phi) is 5.12. The fourth-order valence-corrected chi connectivity index (χ4v) is 3.62. The Hall–Kier alpha value is -2.38. The van der Waals surface area contributed by atoms with Crippen molar-refractivity contribution in [3.63, 3.8) is 0 Å². The van der Waals surface area contributed by atoms with Crippen LogP contribution in [-0.2, 0) is 0 Å². The number of amides is 1. The van der Waals surface area contributed by atoms with E-state index in [9.17, 15) is 4.79 Å². The average Bonchev–Trinajstić information content (AvgIpc) is 3.10. The molecule has 0 radical (unpaired) electrons. The van der Waals surface area contributed by atoms with Gasteiger partial charge in [0.1, 0.15) is 5.69 Å². The van der Waals surface area contributed by atoms with Crippen LogP contribution in [0.3, 0.4) is 0 Å². The van der Waals surface area contributed by atoms with Crippen molar-refractivity contribution in [1.29, 1.82) is 0 Å². The second kappa shape index (κ2) is 7.46. The van der Waals surface area contributed by atoms with E-state index in [0.29, 0.717) is 0 Å². The lowest BCUT2D eigenvalue weighted by atomic mass is 10.2. The molecule has 24 heavy (non-hydrogen) atoms. The summed E-state index contributed by atoms with van der Waals surface area (Å²) >= 11 is 5.18. The van der Waals surface area contributed by atoms with Gasteiger partial charge in [-0.25, -0.2) is 10.4 Å². The summed E-state index contributed by atoms with van der Waals surface area (Å²) in [6.07, 6.45) is 4.38. The van der Waals surface area contributed by atoms with Crippen molar-refractivity contribution < 1.29 is 4.79 Å². The zero-order chi connectivity index (χ0) is 16.9. The van der Waals surface area contributed by atoms with Crippen molar-refractivity contribution in [3.05, 3.63) is 70.0 Å². The molecule has 0 bridgehead atoms. The molecule has 7 heteroatoms. The third-order valence-electron chi connectivity index (χ3n) is 3.22. The molecule has 0 unspecified atom stereocenters. The van der Waals surface area contributed by atoms with Gasteiger partial charge in [-0.15, -0.1) is 11.3 Å². The van der Waals surface area contributed by atoms with Gasteiger partial charge in [0.25, 0.3) is 5.91 Å². The number of halogens is 1. The molecule has 0 atom stereocenters. The van der Waals surface area contributed by atoms with E-state index < -0.39 is 0 Å². The molecule has 0 saturated heterocycles. The van der Waals surface area contributed by atoms with Crippen LogP contribution in [0.5, 0.6) is 0 Å². The van der Waals surface area contributed by atoms with E-state index in [4.69, 9.17) is 0 Å². The summed E-state index contributed by atoms with van der Waals surface area (Å²) in [5, 5.41) is 4.15.